The molecule has 1 N–H and O–H groups in total. The Morgan fingerprint density at radius 2 is 1.70 bits per heavy atom. The first kappa shape index (κ1) is 18.9. The van der Waals surface area contributed by atoms with Gasteiger partial charge in [-0.15, -0.1) is 0 Å². The molecule has 2 aliphatic heterocycles. The van der Waals surface area contributed by atoms with E-state index in [2.05, 4.69) is 10.2 Å². The Kier molecular flexibility index (Phi) is 5.78. The summed E-state index contributed by atoms with van der Waals surface area (Å²) < 4.78 is 0. The quantitative estimate of drug-likeness (QED) is 0.638. The van der Waals surface area contributed by atoms with E-state index < -0.39 is 4.92 Å². The molecule has 9 nitrogen and oxygen atoms in total. The Hall–Kier alpha value is -2.84. The van der Waals surface area contributed by atoms with Crippen LogP contribution >= 0.6 is 0 Å². The van der Waals surface area contributed by atoms with Crippen LogP contribution in [0.2, 0.25) is 0 Å². The molecule has 0 spiro atoms. The third-order valence-corrected chi connectivity index (χ3v) is 5.05. The average Bonchev–Trinajstić information content (AvgIpc) is 3.22. The summed E-state index contributed by atoms with van der Waals surface area (Å²) in [6, 6.07) is 4.39. The lowest BCUT2D eigenvalue weighted by atomic mass is 10.1. The van der Waals surface area contributed by atoms with Crippen molar-refractivity contribution in [3.05, 3.63) is 33.9 Å². The highest BCUT2D eigenvalue weighted by atomic mass is 16.6. The topological polar surface area (TPSA) is 99.0 Å². The summed E-state index contributed by atoms with van der Waals surface area (Å²) in [6.07, 6.45) is 2.10. The maximum Gasteiger partial charge on any atom is 0.317 e. The van der Waals surface area contributed by atoms with Crippen LogP contribution in [0.1, 0.15) is 30.1 Å². The zero-order valence-electron chi connectivity index (χ0n) is 15.5. The van der Waals surface area contributed by atoms with Crippen LogP contribution in [-0.2, 0) is 0 Å². The molecular weight excluding hydrogens is 350 g/mol. The van der Waals surface area contributed by atoms with Gasteiger partial charge < -0.3 is 20.0 Å². The summed E-state index contributed by atoms with van der Waals surface area (Å²) in [5, 5.41) is 13.9. The van der Waals surface area contributed by atoms with E-state index in [1.165, 1.54) is 12.1 Å². The molecule has 0 unspecified atom stereocenters. The van der Waals surface area contributed by atoms with Crippen molar-refractivity contribution in [2.75, 3.05) is 50.7 Å². The van der Waals surface area contributed by atoms with Crippen molar-refractivity contribution in [2.45, 2.75) is 19.8 Å². The molecule has 146 valence electrons. The maximum absolute atomic E-state index is 13.1. The molecule has 3 rings (SSSR count). The molecule has 0 aromatic heterocycles. The Labute approximate surface area is 158 Å². The lowest BCUT2D eigenvalue weighted by Gasteiger charge is -2.35. The Bertz CT molecular complexity index is 724. The van der Waals surface area contributed by atoms with E-state index >= 15 is 0 Å². The molecule has 0 bridgehead atoms. The van der Waals surface area contributed by atoms with Crippen LogP contribution in [0.25, 0.3) is 0 Å². The van der Waals surface area contributed by atoms with Crippen molar-refractivity contribution in [3.63, 3.8) is 0 Å². The van der Waals surface area contributed by atoms with Gasteiger partial charge in [-0.05, 0) is 25.8 Å². The summed E-state index contributed by atoms with van der Waals surface area (Å²) in [4.78, 5) is 41.2. The number of nitro groups is 1. The minimum atomic E-state index is -0.475. The maximum atomic E-state index is 13.1. The van der Waals surface area contributed by atoms with E-state index in [9.17, 15) is 19.7 Å². The van der Waals surface area contributed by atoms with Gasteiger partial charge in [-0.3, -0.25) is 14.9 Å². The molecular formula is C18H25N5O4. The molecule has 0 aliphatic carbocycles. The van der Waals surface area contributed by atoms with Crippen molar-refractivity contribution in [1.82, 2.24) is 15.1 Å². The van der Waals surface area contributed by atoms with E-state index in [4.69, 9.17) is 0 Å². The van der Waals surface area contributed by atoms with Gasteiger partial charge in [0.05, 0.1) is 16.2 Å². The van der Waals surface area contributed by atoms with Gasteiger partial charge in [0.2, 0.25) is 0 Å². The van der Waals surface area contributed by atoms with E-state index in [0.717, 1.165) is 31.6 Å². The minimum absolute atomic E-state index is 0.0812. The van der Waals surface area contributed by atoms with Gasteiger partial charge in [-0.25, -0.2) is 4.79 Å². The smallest absolute Gasteiger partial charge is 0.317 e. The summed E-state index contributed by atoms with van der Waals surface area (Å²) in [5.74, 6) is -0.212. The van der Waals surface area contributed by atoms with Crippen LogP contribution in [0.3, 0.4) is 0 Å². The number of nitrogens with one attached hydrogen (secondary N) is 1. The van der Waals surface area contributed by atoms with Crippen LogP contribution in [0.15, 0.2) is 18.2 Å². The summed E-state index contributed by atoms with van der Waals surface area (Å²) in [5.41, 5.74) is 1.05. The summed E-state index contributed by atoms with van der Waals surface area (Å²) >= 11 is 0. The minimum Gasteiger partial charge on any atom is -0.371 e. The number of hydrogen-bond donors (Lipinski definition) is 1. The lowest BCUT2D eigenvalue weighted by molar-refractivity contribution is -0.384. The number of non-ortho nitro benzene ring substituents is 1. The van der Waals surface area contributed by atoms with Gasteiger partial charge in [0, 0.05) is 57.9 Å². The van der Waals surface area contributed by atoms with Crippen LogP contribution in [0.5, 0.6) is 0 Å². The highest BCUT2D eigenvalue weighted by Gasteiger charge is 2.29. The van der Waals surface area contributed by atoms with E-state index in [1.54, 1.807) is 15.9 Å². The highest BCUT2D eigenvalue weighted by molar-refractivity contribution is 6.00. The predicted octanol–water partition coefficient (Wildman–Crippen LogP) is 1.68. The zero-order valence-corrected chi connectivity index (χ0v) is 15.5. The summed E-state index contributed by atoms with van der Waals surface area (Å²) in [7, 11) is 0. The van der Waals surface area contributed by atoms with Gasteiger partial charge >= 0.3 is 6.03 Å². The Morgan fingerprint density at radius 1 is 1.07 bits per heavy atom. The van der Waals surface area contributed by atoms with Gasteiger partial charge in [-0.2, -0.15) is 0 Å². The van der Waals surface area contributed by atoms with Crippen molar-refractivity contribution in [3.8, 4) is 0 Å². The van der Waals surface area contributed by atoms with Crippen LogP contribution in [0, 0.1) is 10.1 Å². The predicted molar refractivity (Wildman–Crippen MR) is 101 cm³/mol. The molecule has 0 atom stereocenters. The SMILES string of the molecule is CCNC(=O)N1CCN(C(=O)c2cc([N+](=O)[O-])ccc2N2CCCC2)CC1. The molecule has 9 heteroatoms. The average molecular weight is 375 g/mol. The van der Waals surface area contributed by atoms with Crippen molar-refractivity contribution in [1.29, 1.82) is 0 Å². The number of anilines is 1. The second-order valence-corrected chi connectivity index (χ2v) is 6.77. The first-order valence-electron chi connectivity index (χ1n) is 9.36. The summed E-state index contributed by atoms with van der Waals surface area (Å²) in [6.45, 7) is 5.85. The van der Waals surface area contributed by atoms with Crippen LogP contribution < -0.4 is 10.2 Å². The fraction of sp³-hybridized carbons (Fsp3) is 0.556. The first-order chi connectivity index (χ1) is 13.0. The molecule has 2 fully saturated rings. The Morgan fingerprint density at radius 3 is 2.30 bits per heavy atom. The Balaban J connectivity index is 1.78. The second-order valence-electron chi connectivity index (χ2n) is 6.77. The number of piperazine rings is 1. The molecule has 1 aromatic rings. The number of carbonyl (C=O) groups excluding carboxylic acids is 2. The number of amides is 3. The fourth-order valence-electron chi connectivity index (χ4n) is 3.59. The first-order valence-corrected chi connectivity index (χ1v) is 9.36. The van der Waals surface area contributed by atoms with E-state index in [1.807, 2.05) is 6.92 Å². The molecule has 27 heavy (non-hydrogen) atoms. The molecule has 1 aromatic carbocycles. The molecule has 2 aliphatic rings. The van der Waals surface area contributed by atoms with E-state index in [0.29, 0.717) is 38.3 Å². The highest BCUT2D eigenvalue weighted by Crippen LogP contribution is 2.29. The van der Waals surface area contributed by atoms with E-state index in [-0.39, 0.29) is 17.6 Å². The van der Waals surface area contributed by atoms with Gasteiger partial charge in [0.25, 0.3) is 11.6 Å². The number of hydrogen-bond acceptors (Lipinski definition) is 5. The molecule has 2 saturated heterocycles. The molecule has 2 heterocycles. The second kappa shape index (κ2) is 8.24. The molecule has 3 amide bonds. The van der Waals surface area contributed by atoms with Gasteiger partial charge in [0.1, 0.15) is 0 Å². The molecule has 0 saturated carbocycles. The largest absolute Gasteiger partial charge is 0.371 e. The third kappa shape index (κ3) is 4.12. The van der Waals surface area contributed by atoms with Gasteiger partial charge in [-0.1, -0.05) is 0 Å². The number of rotatable bonds is 4. The number of nitrogens with zero attached hydrogens (tertiary/aromatic N) is 4. The van der Waals surface area contributed by atoms with Crippen molar-refractivity contribution < 1.29 is 14.5 Å². The number of nitro benzene ring substituents is 1. The van der Waals surface area contributed by atoms with Crippen LogP contribution in [0.4, 0.5) is 16.2 Å². The molecule has 0 radical (unpaired) electrons. The zero-order chi connectivity index (χ0) is 19.4. The van der Waals surface area contributed by atoms with Crippen LogP contribution in [-0.4, -0.2) is 72.5 Å². The van der Waals surface area contributed by atoms with Crippen molar-refractivity contribution in [2.24, 2.45) is 0 Å². The van der Waals surface area contributed by atoms with Crippen molar-refractivity contribution >= 4 is 23.3 Å². The fourth-order valence-corrected chi connectivity index (χ4v) is 3.59. The number of carbonyl (C=O) groups is 2. The standard InChI is InChI=1S/C18H25N5O4/c1-2-19-18(25)22-11-9-21(10-12-22)17(24)15-13-14(23(26)27)5-6-16(15)20-7-3-4-8-20/h5-6,13H,2-4,7-12H2,1H3,(H,19,25). The lowest BCUT2D eigenvalue weighted by Crippen LogP contribution is -2.53. The monoisotopic (exact) mass is 375 g/mol. The van der Waals surface area contributed by atoms with Gasteiger partial charge in [0.15, 0.2) is 0 Å². The normalized spacial score (nSPS) is 17.1. The third-order valence-electron chi connectivity index (χ3n) is 5.05. The number of urea groups is 1. The number of benzene rings is 1.